The molecule has 2 aliphatic heterocycles. The summed E-state index contributed by atoms with van der Waals surface area (Å²) in [5, 5.41) is 0. The zero-order valence-electron chi connectivity index (χ0n) is 7.29. The Bertz CT molecular complexity index is 192. The van der Waals surface area contributed by atoms with Crippen LogP contribution in [0.2, 0.25) is 0 Å². The molecule has 3 nitrogen and oxygen atoms in total. The summed E-state index contributed by atoms with van der Waals surface area (Å²) >= 11 is 0. The van der Waals surface area contributed by atoms with E-state index in [-0.39, 0.29) is 17.8 Å². The van der Waals surface area contributed by atoms with Crippen LogP contribution in [0.25, 0.3) is 0 Å². The first-order valence-corrected chi connectivity index (χ1v) is 4.24. The van der Waals surface area contributed by atoms with Gasteiger partial charge in [-0.25, -0.2) is 0 Å². The van der Waals surface area contributed by atoms with Crippen LogP contribution in [0.3, 0.4) is 0 Å². The van der Waals surface area contributed by atoms with E-state index < -0.39 is 0 Å². The molecule has 0 N–H and O–H groups in total. The van der Waals surface area contributed by atoms with Gasteiger partial charge in [0.2, 0.25) is 0 Å². The molecule has 3 heteroatoms. The van der Waals surface area contributed by atoms with Crippen molar-refractivity contribution in [3.8, 4) is 0 Å². The number of fused-ring (bicyclic) bond motifs is 1. The number of hydrogen-bond acceptors (Lipinski definition) is 3. The van der Waals surface area contributed by atoms with Crippen molar-refractivity contribution in [3.63, 3.8) is 0 Å². The Morgan fingerprint density at radius 3 is 3.17 bits per heavy atom. The van der Waals surface area contributed by atoms with Gasteiger partial charge in [0.1, 0.15) is 17.8 Å². The molecule has 12 heavy (non-hydrogen) atoms. The minimum atomic E-state index is -0.263. The van der Waals surface area contributed by atoms with Gasteiger partial charge in [-0.3, -0.25) is 0 Å². The van der Waals surface area contributed by atoms with Gasteiger partial charge in [0, 0.05) is 13.5 Å². The van der Waals surface area contributed by atoms with Gasteiger partial charge in [0.25, 0.3) is 0 Å². The predicted molar refractivity (Wildman–Crippen MR) is 44.0 cm³/mol. The van der Waals surface area contributed by atoms with E-state index in [1.165, 1.54) is 0 Å². The van der Waals surface area contributed by atoms with Gasteiger partial charge >= 0.3 is 0 Å². The second kappa shape index (κ2) is 2.83. The average Bonchev–Trinajstić information content (AvgIpc) is 2.61. The van der Waals surface area contributed by atoms with Gasteiger partial charge < -0.3 is 14.2 Å². The fraction of sp³-hybridized carbons (Fsp3) is 0.778. The van der Waals surface area contributed by atoms with E-state index in [2.05, 4.69) is 6.58 Å². The van der Waals surface area contributed by atoms with Crippen LogP contribution in [0.15, 0.2) is 12.7 Å². The maximum Gasteiger partial charge on any atom is 0.118 e. The monoisotopic (exact) mass is 170 g/mol. The van der Waals surface area contributed by atoms with Crippen LogP contribution >= 0.6 is 0 Å². The van der Waals surface area contributed by atoms with Crippen molar-refractivity contribution in [2.24, 2.45) is 0 Å². The number of hydrogen-bond donors (Lipinski definition) is 0. The summed E-state index contributed by atoms with van der Waals surface area (Å²) < 4.78 is 16.5. The normalized spacial score (nSPS) is 46.1. The van der Waals surface area contributed by atoms with Crippen molar-refractivity contribution in [1.29, 1.82) is 0 Å². The summed E-state index contributed by atoms with van der Waals surface area (Å²) in [5.41, 5.74) is -0.263. The topological polar surface area (TPSA) is 27.7 Å². The standard InChI is InChI=1S/C9H14O3/c1-3-9-4-5-11-8(9)7(10-2)6-12-9/h3,7-8H,1,4-6H2,2H3/t7-,8-,9?/m1/s1. The lowest BCUT2D eigenvalue weighted by molar-refractivity contribution is -0.0148. The molecule has 0 aromatic carbocycles. The van der Waals surface area contributed by atoms with Crippen LogP contribution in [0.4, 0.5) is 0 Å². The average molecular weight is 170 g/mol. The summed E-state index contributed by atoms with van der Waals surface area (Å²) in [6.07, 6.45) is 2.88. The van der Waals surface area contributed by atoms with Crippen LogP contribution in [0, 0.1) is 0 Å². The molecule has 1 unspecified atom stereocenters. The van der Waals surface area contributed by atoms with Crippen molar-refractivity contribution in [1.82, 2.24) is 0 Å². The highest BCUT2D eigenvalue weighted by Gasteiger charge is 2.52. The van der Waals surface area contributed by atoms with Gasteiger partial charge in [-0.15, -0.1) is 6.58 Å². The Morgan fingerprint density at radius 1 is 1.67 bits per heavy atom. The second-order valence-electron chi connectivity index (χ2n) is 3.29. The van der Waals surface area contributed by atoms with Gasteiger partial charge in [-0.05, 0) is 0 Å². The maximum atomic E-state index is 5.65. The highest BCUT2D eigenvalue weighted by atomic mass is 16.6. The van der Waals surface area contributed by atoms with Crippen LogP contribution in [-0.2, 0) is 14.2 Å². The van der Waals surface area contributed by atoms with Gasteiger partial charge in [0.15, 0.2) is 0 Å². The molecule has 0 saturated carbocycles. The Labute approximate surface area is 72.3 Å². The molecule has 0 spiro atoms. The molecule has 2 aliphatic rings. The minimum Gasteiger partial charge on any atom is -0.376 e. The molecule has 0 aromatic rings. The van der Waals surface area contributed by atoms with Crippen molar-refractivity contribution >= 4 is 0 Å². The summed E-state index contributed by atoms with van der Waals surface area (Å²) in [5.74, 6) is 0. The van der Waals surface area contributed by atoms with E-state index in [1.54, 1.807) is 7.11 Å². The predicted octanol–water partition coefficient (Wildman–Crippen LogP) is 0.745. The fourth-order valence-corrected chi connectivity index (χ4v) is 2.00. The molecule has 0 aliphatic carbocycles. The summed E-state index contributed by atoms with van der Waals surface area (Å²) in [6, 6.07) is 0. The lowest BCUT2D eigenvalue weighted by atomic mass is 9.95. The molecule has 2 saturated heterocycles. The second-order valence-corrected chi connectivity index (χ2v) is 3.29. The first-order chi connectivity index (χ1) is 5.82. The van der Waals surface area contributed by atoms with Crippen molar-refractivity contribution in [3.05, 3.63) is 12.7 Å². The van der Waals surface area contributed by atoms with Crippen molar-refractivity contribution < 1.29 is 14.2 Å². The van der Waals surface area contributed by atoms with Crippen LogP contribution in [0.1, 0.15) is 6.42 Å². The molecular weight excluding hydrogens is 156 g/mol. The third kappa shape index (κ3) is 0.937. The van der Waals surface area contributed by atoms with Crippen LogP contribution in [0.5, 0.6) is 0 Å². The number of rotatable bonds is 2. The maximum absolute atomic E-state index is 5.65. The zero-order chi connectivity index (χ0) is 8.60. The molecular formula is C9H14O3. The number of methoxy groups -OCH3 is 1. The minimum absolute atomic E-state index is 0.0556. The molecule has 2 heterocycles. The van der Waals surface area contributed by atoms with E-state index in [1.807, 2.05) is 6.08 Å². The van der Waals surface area contributed by atoms with Crippen molar-refractivity contribution in [2.75, 3.05) is 20.3 Å². The molecule has 0 aromatic heterocycles. The van der Waals surface area contributed by atoms with E-state index >= 15 is 0 Å². The number of ether oxygens (including phenoxy) is 3. The van der Waals surface area contributed by atoms with E-state index in [0.717, 1.165) is 13.0 Å². The van der Waals surface area contributed by atoms with Gasteiger partial charge in [0.05, 0.1) is 13.2 Å². The lowest BCUT2D eigenvalue weighted by Crippen LogP contribution is -2.37. The third-order valence-electron chi connectivity index (χ3n) is 2.77. The molecule has 0 amide bonds. The first kappa shape index (κ1) is 8.23. The van der Waals surface area contributed by atoms with Crippen molar-refractivity contribution in [2.45, 2.75) is 24.2 Å². The quantitative estimate of drug-likeness (QED) is 0.572. The highest BCUT2D eigenvalue weighted by molar-refractivity contribution is 5.12. The van der Waals surface area contributed by atoms with E-state index in [9.17, 15) is 0 Å². The Morgan fingerprint density at radius 2 is 2.50 bits per heavy atom. The van der Waals surface area contributed by atoms with Gasteiger partial charge in [-0.1, -0.05) is 6.08 Å². The highest BCUT2D eigenvalue weighted by Crippen LogP contribution is 2.39. The van der Waals surface area contributed by atoms with Crippen LogP contribution in [-0.4, -0.2) is 38.1 Å². The molecule has 0 bridgehead atoms. The Hall–Kier alpha value is -0.380. The third-order valence-corrected chi connectivity index (χ3v) is 2.77. The lowest BCUT2D eigenvalue weighted by Gasteiger charge is -2.22. The molecule has 2 fully saturated rings. The first-order valence-electron chi connectivity index (χ1n) is 4.24. The fourth-order valence-electron chi connectivity index (χ4n) is 2.00. The molecule has 68 valence electrons. The summed E-state index contributed by atoms with van der Waals surface area (Å²) in [6.45, 7) is 5.15. The Kier molecular flexibility index (Phi) is 1.94. The van der Waals surface area contributed by atoms with E-state index in [0.29, 0.717) is 6.61 Å². The van der Waals surface area contributed by atoms with Crippen LogP contribution < -0.4 is 0 Å². The van der Waals surface area contributed by atoms with E-state index in [4.69, 9.17) is 14.2 Å². The molecule has 0 radical (unpaired) electrons. The Balaban J connectivity index is 2.19. The molecule has 3 atom stereocenters. The summed E-state index contributed by atoms with van der Waals surface area (Å²) in [4.78, 5) is 0. The zero-order valence-corrected chi connectivity index (χ0v) is 7.29. The summed E-state index contributed by atoms with van der Waals surface area (Å²) in [7, 11) is 1.69. The molecule has 2 rings (SSSR count). The SMILES string of the molecule is C=CC12CCO[C@@H]1[C@H](OC)CO2. The largest absolute Gasteiger partial charge is 0.376 e. The van der Waals surface area contributed by atoms with Gasteiger partial charge in [-0.2, -0.15) is 0 Å². The smallest absolute Gasteiger partial charge is 0.118 e.